The molecule has 1 aromatic rings. The third kappa shape index (κ3) is 3.80. The van der Waals surface area contributed by atoms with Crippen LogP contribution in [0.25, 0.3) is 0 Å². The van der Waals surface area contributed by atoms with E-state index in [0.717, 1.165) is 32.5 Å². The van der Waals surface area contributed by atoms with E-state index in [2.05, 4.69) is 66.9 Å². The van der Waals surface area contributed by atoms with Crippen LogP contribution in [0.15, 0.2) is 24.3 Å². The van der Waals surface area contributed by atoms with Crippen molar-refractivity contribution in [1.82, 2.24) is 9.80 Å². The first-order valence-corrected chi connectivity index (χ1v) is 8.35. The molecule has 1 atom stereocenters. The second kappa shape index (κ2) is 7.63. The van der Waals surface area contributed by atoms with E-state index in [1.807, 2.05) is 0 Å². The molecule has 0 N–H and O–H groups in total. The number of anilines is 1. The first kappa shape index (κ1) is 16.8. The molecule has 1 unspecified atom stereocenters. The van der Waals surface area contributed by atoms with Crippen molar-refractivity contribution >= 4 is 11.6 Å². The Morgan fingerprint density at radius 1 is 1.27 bits per heavy atom. The molecule has 1 aromatic carbocycles. The molecule has 1 aliphatic rings. The summed E-state index contributed by atoms with van der Waals surface area (Å²) in [6.45, 7) is 7.50. The number of benzene rings is 1. The van der Waals surface area contributed by atoms with Gasteiger partial charge in [0.15, 0.2) is 0 Å². The lowest BCUT2D eigenvalue weighted by atomic mass is 10.0. The topological polar surface area (TPSA) is 26.8 Å². The van der Waals surface area contributed by atoms with Crippen molar-refractivity contribution in [3.63, 3.8) is 0 Å². The zero-order chi connectivity index (χ0) is 16.1. The number of carbonyl (C=O) groups is 1. The SMILES string of the molecule is CCN(CC)CC(=O)N1CCCC1c1cccc(N(C)C)c1. The van der Waals surface area contributed by atoms with Crippen molar-refractivity contribution in [1.29, 1.82) is 0 Å². The molecule has 4 heteroatoms. The molecular weight excluding hydrogens is 274 g/mol. The second-order valence-electron chi connectivity index (χ2n) is 6.20. The summed E-state index contributed by atoms with van der Waals surface area (Å²) in [6, 6.07) is 8.81. The highest BCUT2D eigenvalue weighted by atomic mass is 16.2. The number of carbonyl (C=O) groups excluding carboxylic acids is 1. The molecule has 0 bridgehead atoms. The minimum Gasteiger partial charge on any atom is -0.378 e. The van der Waals surface area contributed by atoms with Crippen LogP contribution in [-0.2, 0) is 4.79 Å². The van der Waals surface area contributed by atoms with Crippen LogP contribution < -0.4 is 4.90 Å². The summed E-state index contributed by atoms with van der Waals surface area (Å²) in [5, 5.41) is 0. The van der Waals surface area contributed by atoms with Crippen molar-refractivity contribution in [3.8, 4) is 0 Å². The number of amides is 1. The number of hydrogen-bond acceptors (Lipinski definition) is 3. The number of likely N-dealkylation sites (tertiary alicyclic amines) is 1. The van der Waals surface area contributed by atoms with Gasteiger partial charge in [0, 0.05) is 26.3 Å². The monoisotopic (exact) mass is 303 g/mol. The van der Waals surface area contributed by atoms with Crippen molar-refractivity contribution in [3.05, 3.63) is 29.8 Å². The summed E-state index contributed by atoms with van der Waals surface area (Å²) in [7, 11) is 4.11. The van der Waals surface area contributed by atoms with Crippen LogP contribution in [0.5, 0.6) is 0 Å². The van der Waals surface area contributed by atoms with E-state index >= 15 is 0 Å². The van der Waals surface area contributed by atoms with Gasteiger partial charge in [-0.2, -0.15) is 0 Å². The molecule has 4 nitrogen and oxygen atoms in total. The molecular formula is C18H29N3O. The Morgan fingerprint density at radius 2 is 2.00 bits per heavy atom. The van der Waals surface area contributed by atoms with Gasteiger partial charge in [0.2, 0.25) is 5.91 Å². The van der Waals surface area contributed by atoms with E-state index in [0.29, 0.717) is 6.54 Å². The Morgan fingerprint density at radius 3 is 2.64 bits per heavy atom. The van der Waals surface area contributed by atoms with Gasteiger partial charge in [-0.25, -0.2) is 0 Å². The predicted octanol–water partition coefficient (Wildman–Crippen LogP) is 2.76. The van der Waals surface area contributed by atoms with E-state index in [4.69, 9.17) is 0 Å². The number of nitrogens with zero attached hydrogens (tertiary/aromatic N) is 3. The number of likely N-dealkylation sites (N-methyl/N-ethyl adjacent to an activating group) is 1. The van der Waals surface area contributed by atoms with Gasteiger partial charge in [0.05, 0.1) is 12.6 Å². The Balaban J connectivity index is 2.13. The Kier molecular flexibility index (Phi) is 5.83. The Labute approximate surface area is 134 Å². The van der Waals surface area contributed by atoms with Crippen molar-refractivity contribution in [2.75, 3.05) is 45.2 Å². The summed E-state index contributed by atoms with van der Waals surface area (Å²) in [5.41, 5.74) is 2.46. The number of rotatable bonds is 6. The maximum atomic E-state index is 12.6. The lowest BCUT2D eigenvalue weighted by molar-refractivity contribution is -0.133. The van der Waals surface area contributed by atoms with Crippen LogP contribution >= 0.6 is 0 Å². The summed E-state index contributed by atoms with van der Waals surface area (Å²) < 4.78 is 0. The second-order valence-corrected chi connectivity index (χ2v) is 6.20. The molecule has 1 amide bonds. The fourth-order valence-electron chi connectivity index (χ4n) is 3.15. The fraction of sp³-hybridized carbons (Fsp3) is 0.611. The highest BCUT2D eigenvalue weighted by Gasteiger charge is 2.30. The largest absolute Gasteiger partial charge is 0.378 e. The average molecular weight is 303 g/mol. The predicted molar refractivity (Wildman–Crippen MR) is 92.2 cm³/mol. The minimum atomic E-state index is 0.239. The molecule has 0 spiro atoms. The molecule has 1 saturated heterocycles. The summed E-state index contributed by atoms with van der Waals surface area (Å²) in [4.78, 5) is 19.0. The van der Waals surface area contributed by atoms with E-state index in [1.54, 1.807) is 0 Å². The van der Waals surface area contributed by atoms with Gasteiger partial charge in [0.1, 0.15) is 0 Å². The number of hydrogen-bond donors (Lipinski definition) is 0. The van der Waals surface area contributed by atoms with E-state index in [9.17, 15) is 4.79 Å². The van der Waals surface area contributed by atoms with Crippen LogP contribution in [0.3, 0.4) is 0 Å². The maximum Gasteiger partial charge on any atom is 0.237 e. The summed E-state index contributed by atoms with van der Waals surface area (Å²) >= 11 is 0. The highest BCUT2D eigenvalue weighted by Crippen LogP contribution is 2.33. The normalized spacial score (nSPS) is 18.0. The zero-order valence-electron chi connectivity index (χ0n) is 14.4. The standard InChI is InChI=1S/C18H29N3O/c1-5-20(6-2)14-18(22)21-12-8-11-17(21)15-9-7-10-16(13-15)19(3)4/h7,9-10,13,17H,5-6,8,11-12,14H2,1-4H3. The molecule has 22 heavy (non-hydrogen) atoms. The van der Waals surface area contributed by atoms with Crippen LogP contribution in [-0.4, -0.2) is 56.0 Å². The lowest BCUT2D eigenvalue weighted by Crippen LogP contribution is -2.40. The van der Waals surface area contributed by atoms with Gasteiger partial charge in [-0.3, -0.25) is 9.69 Å². The fourth-order valence-corrected chi connectivity index (χ4v) is 3.15. The van der Waals surface area contributed by atoms with E-state index in [-0.39, 0.29) is 11.9 Å². The third-order valence-corrected chi connectivity index (χ3v) is 4.60. The van der Waals surface area contributed by atoms with Gasteiger partial charge in [-0.05, 0) is 43.6 Å². The third-order valence-electron chi connectivity index (χ3n) is 4.60. The van der Waals surface area contributed by atoms with Gasteiger partial charge in [-0.1, -0.05) is 26.0 Å². The Hall–Kier alpha value is -1.55. The molecule has 1 heterocycles. The molecule has 0 saturated carbocycles. The molecule has 1 fully saturated rings. The Bertz CT molecular complexity index is 497. The highest BCUT2D eigenvalue weighted by molar-refractivity contribution is 5.79. The first-order valence-electron chi connectivity index (χ1n) is 8.35. The molecule has 1 aliphatic heterocycles. The molecule has 0 aromatic heterocycles. The smallest absolute Gasteiger partial charge is 0.237 e. The molecule has 0 radical (unpaired) electrons. The van der Waals surface area contributed by atoms with Crippen LogP contribution in [0.2, 0.25) is 0 Å². The van der Waals surface area contributed by atoms with Crippen LogP contribution in [0, 0.1) is 0 Å². The van der Waals surface area contributed by atoms with Gasteiger partial charge >= 0.3 is 0 Å². The molecule has 2 rings (SSSR count). The van der Waals surface area contributed by atoms with Crippen molar-refractivity contribution in [2.45, 2.75) is 32.7 Å². The molecule has 0 aliphatic carbocycles. The maximum absolute atomic E-state index is 12.6. The quantitative estimate of drug-likeness (QED) is 0.808. The van der Waals surface area contributed by atoms with Crippen molar-refractivity contribution < 1.29 is 4.79 Å². The van der Waals surface area contributed by atoms with E-state index in [1.165, 1.54) is 11.3 Å². The summed E-state index contributed by atoms with van der Waals surface area (Å²) in [5.74, 6) is 0.265. The average Bonchev–Trinajstić information content (AvgIpc) is 3.02. The zero-order valence-corrected chi connectivity index (χ0v) is 14.4. The van der Waals surface area contributed by atoms with E-state index < -0.39 is 0 Å². The first-order chi connectivity index (χ1) is 10.6. The van der Waals surface area contributed by atoms with Crippen molar-refractivity contribution in [2.24, 2.45) is 0 Å². The van der Waals surface area contributed by atoms with Crippen LogP contribution in [0.1, 0.15) is 38.3 Å². The summed E-state index contributed by atoms with van der Waals surface area (Å²) in [6.07, 6.45) is 2.17. The lowest BCUT2D eigenvalue weighted by Gasteiger charge is -2.28. The minimum absolute atomic E-state index is 0.239. The van der Waals surface area contributed by atoms with Crippen LogP contribution in [0.4, 0.5) is 5.69 Å². The van der Waals surface area contributed by atoms with Gasteiger partial charge < -0.3 is 9.80 Å². The van der Waals surface area contributed by atoms with Gasteiger partial charge in [0.25, 0.3) is 0 Å². The van der Waals surface area contributed by atoms with Gasteiger partial charge in [-0.15, -0.1) is 0 Å². The molecule has 122 valence electrons.